The van der Waals surface area contributed by atoms with Gasteiger partial charge in [0.15, 0.2) is 5.58 Å². The lowest BCUT2D eigenvalue weighted by atomic mass is 9.79. The summed E-state index contributed by atoms with van der Waals surface area (Å²) in [5.74, 6) is 0.878. The van der Waals surface area contributed by atoms with Crippen molar-refractivity contribution in [3.05, 3.63) is 29.8 Å². The number of carbonyl (C=O) groups is 1. The van der Waals surface area contributed by atoms with Crippen molar-refractivity contribution in [1.82, 2.24) is 15.2 Å². The molecule has 3 fully saturated rings. The van der Waals surface area contributed by atoms with Gasteiger partial charge < -0.3 is 9.73 Å². The average molecular weight is 327 g/mol. The number of rotatable bonds is 3. The van der Waals surface area contributed by atoms with Crippen LogP contribution in [0.25, 0.3) is 11.0 Å². The van der Waals surface area contributed by atoms with Gasteiger partial charge in [-0.2, -0.15) is 0 Å². The van der Waals surface area contributed by atoms with E-state index >= 15 is 0 Å². The van der Waals surface area contributed by atoms with Crippen LogP contribution in [0.5, 0.6) is 0 Å². The van der Waals surface area contributed by atoms with E-state index in [9.17, 15) is 4.79 Å². The maximum atomic E-state index is 12.8. The zero-order valence-corrected chi connectivity index (χ0v) is 14.6. The second-order valence-corrected chi connectivity index (χ2v) is 7.52. The minimum Gasteiger partial charge on any atom is -0.462 e. The summed E-state index contributed by atoms with van der Waals surface area (Å²) < 4.78 is 5.55. The normalized spacial score (nSPS) is 29.3. The molecule has 3 aliphatic rings. The molecule has 5 heterocycles. The Morgan fingerprint density at radius 2 is 2.12 bits per heavy atom. The highest BCUT2D eigenvalue weighted by atomic mass is 16.3. The average Bonchev–Trinajstić information content (AvgIpc) is 3.01. The van der Waals surface area contributed by atoms with Crippen molar-refractivity contribution >= 4 is 16.9 Å². The number of hydrogen-bond donors (Lipinski definition) is 1. The van der Waals surface area contributed by atoms with Gasteiger partial charge in [-0.25, -0.2) is 4.98 Å². The maximum absolute atomic E-state index is 12.8. The Morgan fingerprint density at radius 1 is 1.38 bits per heavy atom. The fourth-order valence-electron chi connectivity index (χ4n) is 4.29. The molecular weight excluding hydrogens is 302 g/mol. The van der Waals surface area contributed by atoms with E-state index in [1.165, 1.54) is 12.8 Å². The van der Waals surface area contributed by atoms with Gasteiger partial charge in [-0.3, -0.25) is 9.69 Å². The molecule has 24 heavy (non-hydrogen) atoms. The molecule has 0 saturated carbocycles. The van der Waals surface area contributed by atoms with Crippen molar-refractivity contribution in [1.29, 1.82) is 0 Å². The Bertz CT molecular complexity index is 757. The summed E-state index contributed by atoms with van der Waals surface area (Å²) in [5, 5.41) is 4.24. The zero-order valence-electron chi connectivity index (χ0n) is 14.6. The van der Waals surface area contributed by atoms with Crippen molar-refractivity contribution in [3.8, 4) is 0 Å². The molecule has 5 heteroatoms. The highest BCUT2D eigenvalue weighted by molar-refractivity contribution is 5.96. The number of piperidine rings is 3. The number of nitrogens with zero attached hydrogens (tertiary/aromatic N) is 2. The summed E-state index contributed by atoms with van der Waals surface area (Å²) in [6, 6.07) is 2.51. The second kappa shape index (κ2) is 5.88. The zero-order chi connectivity index (χ0) is 16.8. The van der Waals surface area contributed by atoms with Gasteiger partial charge >= 0.3 is 0 Å². The molecule has 2 aromatic rings. The predicted octanol–water partition coefficient (Wildman–Crippen LogP) is 3.16. The topological polar surface area (TPSA) is 58.4 Å². The SMILES string of the molecule is CC(C)c1coc2cnc(C(=O)N[C@@H]3C4CCN(CC4)[C@H]3C)cc12. The lowest BCUT2D eigenvalue weighted by Crippen LogP contribution is -2.62. The third kappa shape index (κ3) is 2.51. The standard InChI is InChI=1S/C19H25N3O2/c1-11(2)15-10-24-17-9-20-16(8-14(15)17)19(23)21-18-12(3)22-6-4-13(18)5-7-22/h8-13,18H,4-7H2,1-3H3,(H,21,23)/t12-,18-/m0/s1. The van der Waals surface area contributed by atoms with Crippen molar-refractivity contribution in [2.45, 2.75) is 51.6 Å². The fourth-order valence-corrected chi connectivity index (χ4v) is 4.29. The van der Waals surface area contributed by atoms with Gasteiger partial charge in [0, 0.05) is 23.0 Å². The molecule has 128 valence electrons. The van der Waals surface area contributed by atoms with E-state index in [2.05, 4.69) is 36.0 Å². The molecule has 2 bridgehead atoms. The highest BCUT2D eigenvalue weighted by Crippen LogP contribution is 2.32. The summed E-state index contributed by atoms with van der Waals surface area (Å²) in [6.45, 7) is 8.79. The van der Waals surface area contributed by atoms with Gasteiger partial charge in [0.1, 0.15) is 5.69 Å². The summed E-state index contributed by atoms with van der Waals surface area (Å²) in [4.78, 5) is 19.6. The van der Waals surface area contributed by atoms with Crippen LogP contribution in [0.15, 0.2) is 22.9 Å². The molecule has 3 saturated heterocycles. The molecule has 1 amide bonds. The van der Waals surface area contributed by atoms with E-state index in [0.29, 0.717) is 23.6 Å². The van der Waals surface area contributed by atoms with E-state index in [0.717, 1.165) is 29.6 Å². The molecule has 3 aliphatic heterocycles. The first-order valence-corrected chi connectivity index (χ1v) is 8.96. The molecule has 5 nitrogen and oxygen atoms in total. The molecule has 0 unspecified atom stereocenters. The molecule has 0 aliphatic carbocycles. The number of hydrogen-bond acceptors (Lipinski definition) is 4. The Morgan fingerprint density at radius 3 is 2.79 bits per heavy atom. The molecular formula is C19H25N3O2. The number of carbonyl (C=O) groups excluding carboxylic acids is 1. The monoisotopic (exact) mass is 327 g/mol. The highest BCUT2D eigenvalue weighted by Gasteiger charge is 2.40. The summed E-state index contributed by atoms with van der Waals surface area (Å²) in [5.41, 5.74) is 2.35. The maximum Gasteiger partial charge on any atom is 0.270 e. The number of amides is 1. The van der Waals surface area contributed by atoms with E-state index in [1.54, 1.807) is 12.5 Å². The quantitative estimate of drug-likeness (QED) is 0.941. The van der Waals surface area contributed by atoms with E-state index in [-0.39, 0.29) is 11.9 Å². The molecule has 5 rings (SSSR count). The van der Waals surface area contributed by atoms with Gasteiger partial charge in [-0.1, -0.05) is 13.8 Å². The van der Waals surface area contributed by atoms with Crippen LogP contribution in [0.4, 0.5) is 0 Å². The first-order chi connectivity index (χ1) is 11.5. The Labute approximate surface area is 142 Å². The van der Waals surface area contributed by atoms with Crippen molar-refractivity contribution in [2.24, 2.45) is 5.92 Å². The lowest BCUT2D eigenvalue weighted by molar-refractivity contribution is 0.0216. The lowest BCUT2D eigenvalue weighted by Gasteiger charge is -2.49. The first kappa shape index (κ1) is 15.6. The van der Waals surface area contributed by atoms with E-state index < -0.39 is 0 Å². The predicted molar refractivity (Wildman–Crippen MR) is 93.1 cm³/mol. The van der Waals surface area contributed by atoms with Gasteiger partial charge in [0.25, 0.3) is 5.91 Å². The van der Waals surface area contributed by atoms with E-state index in [1.807, 2.05) is 6.07 Å². The van der Waals surface area contributed by atoms with Crippen LogP contribution in [-0.4, -0.2) is 41.0 Å². The van der Waals surface area contributed by atoms with Crippen LogP contribution < -0.4 is 5.32 Å². The number of furan rings is 1. The minimum atomic E-state index is -0.0709. The first-order valence-electron chi connectivity index (χ1n) is 8.96. The van der Waals surface area contributed by atoms with Crippen molar-refractivity contribution in [2.75, 3.05) is 13.1 Å². The van der Waals surface area contributed by atoms with Gasteiger partial charge in [0.2, 0.25) is 0 Å². The van der Waals surface area contributed by atoms with Crippen LogP contribution in [0.3, 0.4) is 0 Å². The van der Waals surface area contributed by atoms with Crippen LogP contribution in [0.1, 0.15) is 55.6 Å². The summed E-state index contributed by atoms with van der Waals surface area (Å²) in [7, 11) is 0. The molecule has 2 aromatic heterocycles. The van der Waals surface area contributed by atoms with Crippen LogP contribution >= 0.6 is 0 Å². The summed E-state index contributed by atoms with van der Waals surface area (Å²) >= 11 is 0. The van der Waals surface area contributed by atoms with Gasteiger partial charge in [-0.15, -0.1) is 0 Å². The smallest absolute Gasteiger partial charge is 0.270 e. The van der Waals surface area contributed by atoms with Gasteiger partial charge in [-0.05, 0) is 50.8 Å². The Kier molecular flexibility index (Phi) is 3.83. The number of nitrogens with one attached hydrogen (secondary N) is 1. The van der Waals surface area contributed by atoms with E-state index in [4.69, 9.17) is 4.42 Å². The minimum absolute atomic E-state index is 0.0709. The van der Waals surface area contributed by atoms with Crippen molar-refractivity contribution < 1.29 is 9.21 Å². The largest absolute Gasteiger partial charge is 0.462 e. The number of pyridine rings is 1. The molecule has 1 N–H and O–H groups in total. The third-order valence-corrected chi connectivity index (χ3v) is 5.82. The Hall–Kier alpha value is -1.88. The molecule has 0 aromatic carbocycles. The molecule has 0 spiro atoms. The Balaban J connectivity index is 1.58. The summed E-state index contributed by atoms with van der Waals surface area (Å²) in [6.07, 6.45) is 5.80. The van der Waals surface area contributed by atoms with Gasteiger partial charge in [0.05, 0.1) is 12.5 Å². The van der Waals surface area contributed by atoms with Crippen LogP contribution in [-0.2, 0) is 0 Å². The fraction of sp³-hybridized carbons (Fsp3) is 0.579. The van der Waals surface area contributed by atoms with Crippen LogP contribution in [0.2, 0.25) is 0 Å². The molecule has 2 atom stereocenters. The number of aromatic nitrogens is 1. The third-order valence-electron chi connectivity index (χ3n) is 5.82. The number of fused-ring (bicyclic) bond motifs is 4. The van der Waals surface area contributed by atoms with Crippen molar-refractivity contribution in [3.63, 3.8) is 0 Å². The molecule has 0 radical (unpaired) electrons. The van der Waals surface area contributed by atoms with Crippen LogP contribution in [0, 0.1) is 5.92 Å². The second-order valence-electron chi connectivity index (χ2n) is 7.52.